The van der Waals surface area contributed by atoms with Gasteiger partial charge in [0.15, 0.2) is 46.1 Å². The molecule has 7 aromatic rings. The van der Waals surface area contributed by atoms with Crippen LogP contribution in [0, 0.1) is 0 Å². The molecule has 572 valence electrons. The molecule has 0 bridgehead atoms. The third-order valence-corrected chi connectivity index (χ3v) is 19.6. The number of carboxylic acids is 1. The minimum Gasteiger partial charge on any atom is -0.481 e. The van der Waals surface area contributed by atoms with Crippen LogP contribution in [0.2, 0.25) is 0 Å². The maximum absolute atomic E-state index is 13.5. The van der Waals surface area contributed by atoms with Crippen molar-refractivity contribution in [1.82, 2.24) is 14.0 Å². The zero-order valence-electron chi connectivity index (χ0n) is 60.6. The Bertz CT molecular complexity index is 4310. The van der Waals surface area contributed by atoms with Gasteiger partial charge in [0.25, 0.3) is 0 Å². The number of nitrogens with two attached hydrogens (primary N) is 1. The molecule has 105 heavy (non-hydrogen) atoms. The number of nitrogen functional groups attached to an aromatic ring is 1. The number of amides is 1. The van der Waals surface area contributed by atoms with Gasteiger partial charge in [0, 0.05) is 76.8 Å². The normalized spacial score (nSPS) is 20.9. The number of alkyl halides is 6. The Kier molecular flexibility index (Phi) is 23.0. The Hall–Kier alpha value is -7.21. The molecule has 5 aliphatic heterocycles. The number of aliphatic carboxylic acids is 1. The minimum atomic E-state index is -3.69. The number of nitrogens with zero attached hydrogens (tertiary/aromatic N) is 3. The minimum absolute atomic E-state index is 0.0299. The van der Waals surface area contributed by atoms with Gasteiger partial charge in [-0.3, -0.25) is 14.4 Å². The number of hydrogen-bond donors (Lipinski definition) is 3. The number of halogens is 9. The van der Waals surface area contributed by atoms with Gasteiger partial charge in [-0.15, -0.1) is 26.3 Å². The van der Waals surface area contributed by atoms with E-state index in [-0.39, 0.29) is 63.4 Å². The summed E-state index contributed by atoms with van der Waals surface area (Å²) in [5, 5.41) is 13.9. The van der Waals surface area contributed by atoms with Crippen molar-refractivity contribution < 1.29 is 97.4 Å². The largest absolute Gasteiger partial charge is 0.586 e. The lowest BCUT2D eigenvalue weighted by Crippen LogP contribution is -2.28. The Morgan fingerprint density at radius 2 is 0.895 bits per heavy atom. The van der Waals surface area contributed by atoms with Crippen molar-refractivity contribution in [2.75, 3.05) is 43.9 Å². The average molecular weight is 1550 g/mol. The van der Waals surface area contributed by atoms with Crippen LogP contribution < -0.4 is 39.5 Å². The molecule has 30 heteroatoms. The number of carbonyl (C=O) groups excluding carboxylic acids is 2. The number of anilines is 2. The molecule has 0 unspecified atom stereocenters. The Morgan fingerprint density at radius 3 is 1.22 bits per heavy atom. The molecule has 7 heterocycles. The number of ether oxygens (including phenoxy) is 10. The Morgan fingerprint density at radius 1 is 0.543 bits per heavy atom. The molecule has 2 atom stereocenters. The molecule has 15 rings (SSSR count). The quantitative estimate of drug-likeness (QED) is 0.0522. The first kappa shape index (κ1) is 80.3. The third kappa shape index (κ3) is 18.9. The number of fused-ring (bicyclic) bond motifs is 5. The lowest BCUT2D eigenvalue weighted by atomic mass is 9.92. The first-order valence-corrected chi connectivity index (χ1v) is 37.6. The van der Waals surface area contributed by atoms with E-state index in [4.69, 9.17) is 45.6 Å². The van der Waals surface area contributed by atoms with Crippen molar-refractivity contribution in [3.8, 4) is 34.5 Å². The monoisotopic (exact) mass is 1550 g/mol. The SMILES string of the molecule is CC1(C)OC[C@@H](Cn2c(C(C)(C)C)cc3cc(N)ccc32)O1.CC1(C)OC[C@@H](Cn2c(C(C)(C)C)cc3cc(NC(=O)C4(c5ccc6c(c5)OC(F)(F)O6)CC4)ccc32)O1.CCN(CC)CC.O=C(Cl)C1(c2ccc3c(c2)OC(F)(F)O3)CC1.O=C(O)C1(c2ccc3c(c2)OC(F)(F)O3)CC1.O=S(Cl)Cl. The van der Waals surface area contributed by atoms with Crippen LogP contribution in [0.5, 0.6) is 34.5 Å². The lowest BCUT2D eigenvalue weighted by molar-refractivity contribution is -0.287. The van der Waals surface area contributed by atoms with Crippen LogP contribution in [0.1, 0.15) is 157 Å². The molecule has 3 aliphatic carbocycles. The summed E-state index contributed by atoms with van der Waals surface area (Å²) in [5.74, 6) is -2.54. The molecular formula is C75H88Cl3F6N5O15S. The van der Waals surface area contributed by atoms with E-state index in [2.05, 4.69) is 150 Å². The molecule has 0 radical (unpaired) electrons. The van der Waals surface area contributed by atoms with Crippen LogP contribution in [0.4, 0.5) is 37.7 Å². The van der Waals surface area contributed by atoms with Gasteiger partial charge in [0.2, 0.25) is 20.4 Å². The number of nitrogens with one attached hydrogen (secondary N) is 1. The topological polar surface area (TPSA) is 232 Å². The number of aromatic nitrogens is 2. The van der Waals surface area contributed by atoms with E-state index in [0.29, 0.717) is 80.7 Å². The number of hydrogen-bond acceptors (Lipinski definition) is 16. The molecule has 0 spiro atoms. The zero-order chi connectivity index (χ0) is 77.0. The number of carboxylic acid groups (broad SMARTS) is 1. The fourth-order valence-electron chi connectivity index (χ4n) is 13.3. The highest BCUT2D eigenvalue weighted by Crippen LogP contribution is 2.55. The van der Waals surface area contributed by atoms with Gasteiger partial charge >= 0.3 is 24.9 Å². The predicted octanol–water partition coefficient (Wildman–Crippen LogP) is 17.1. The number of rotatable bonds is 14. The van der Waals surface area contributed by atoms with Gasteiger partial charge in [-0.25, -0.2) is 4.21 Å². The van der Waals surface area contributed by atoms with E-state index in [9.17, 15) is 40.7 Å². The predicted molar refractivity (Wildman–Crippen MR) is 387 cm³/mol. The third-order valence-electron chi connectivity index (χ3n) is 19.2. The van der Waals surface area contributed by atoms with Crippen molar-refractivity contribution in [2.45, 2.75) is 211 Å². The highest BCUT2D eigenvalue weighted by Gasteiger charge is 2.56. The number of benzene rings is 5. The summed E-state index contributed by atoms with van der Waals surface area (Å²) in [6, 6.07) is 29.4. The van der Waals surface area contributed by atoms with Crippen molar-refractivity contribution in [3.63, 3.8) is 0 Å². The number of carbonyl (C=O) groups is 3. The molecular weight excluding hydrogens is 1460 g/mol. The lowest BCUT2D eigenvalue weighted by Gasteiger charge is -2.24. The Labute approximate surface area is 621 Å². The van der Waals surface area contributed by atoms with E-state index in [1.807, 2.05) is 58.0 Å². The summed E-state index contributed by atoms with van der Waals surface area (Å²) in [4.78, 5) is 38.2. The first-order valence-electron chi connectivity index (χ1n) is 34.4. The van der Waals surface area contributed by atoms with Crippen LogP contribution in [0.25, 0.3) is 21.8 Å². The van der Waals surface area contributed by atoms with Crippen LogP contribution >= 0.6 is 33.0 Å². The van der Waals surface area contributed by atoms with Crippen LogP contribution in [-0.2, 0) is 82.7 Å². The summed E-state index contributed by atoms with van der Waals surface area (Å²) < 4.78 is 142. The van der Waals surface area contributed by atoms with Crippen molar-refractivity contribution in [3.05, 3.63) is 131 Å². The van der Waals surface area contributed by atoms with Gasteiger partial charge in [-0.2, -0.15) is 0 Å². The molecule has 3 saturated carbocycles. The van der Waals surface area contributed by atoms with Crippen LogP contribution in [0.3, 0.4) is 0 Å². The molecule has 8 aliphatic rings. The molecule has 2 saturated heterocycles. The fraction of sp³-hybridized carbons (Fsp3) is 0.507. The summed E-state index contributed by atoms with van der Waals surface area (Å²) in [6.07, 6.45) is -7.44. The fourth-order valence-corrected chi connectivity index (χ4v) is 13.6. The first-order chi connectivity index (χ1) is 48.8. The molecule has 5 fully saturated rings. The van der Waals surface area contributed by atoms with Gasteiger partial charge < -0.3 is 77.6 Å². The molecule has 5 aromatic carbocycles. The van der Waals surface area contributed by atoms with Crippen molar-refractivity contribution in [1.29, 1.82) is 0 Å². The zero-order valence-corrected chi connectivity index (χ0v) is 63.6. The van der Waals surface area contributed by atoms with Crippen LogP contribution in [-0.4, -0.2) is 116 Å². The highest BCUT2D eigenvalue weighted by molar-refractivity contribution is 8.26. The molecule has 20 nitrogen and oxygen atoms in total. The highest BCUT2D eigenvalue weighted by atomic mass is 36.0. The van der Waals surface area contributed by atoms with E-state index >= 15 is 0 Å². The average Bonchev–Trinajstić information content (AvgIpc) is 1.61. The standard InChI is InChI=1S/C29H32F2N2O5.C18H26N2O2.C11H7ClF2O3.C11H8F2O4.C6H15N.Cl2OS/c1-26(2,3)24-13-17-12-19(7-8-21(17)33(24)15-20-16-35-27(4,5)36-20)32-25(34)28(10-11-28)18-6-9-22-23(14-18)38-29(30,31)37-22;1-17(2,3)16-9-12-8-13(19)6-7-15(12)20(16)10-14-11-21-18(4,5)22-14;12-9(15)10(3-4-10)6-1-2-7-8(5-6)17-11(13,14)16-7;12-11(13)16-7-2-1-6(5-8(7)17-11)10(3-4-10)9(14)15;1-4-7(5-2)6-3;1-4(2)3/h6-9,12-14,20H,10-11,15-16H2,1-5H3,(H,32,34);6-9,14H,10-11,19H2,1-5H3;1-2,5H,3-4H2;1-2,5H,3-4H2,(H,14,15);4-6H2,1-3H3;/t20-;14-;;;;/m11..../s1. The van der Waals surface area contributed by atoms with Gasteiger partial charge in [0.1, 0.15) is 12.2 Å². The second-order valence-corrected chi connectivity index (χ2v) is 32.7. The van der Waals surface area contributed by atoms with Gasteiger partial charge in [-0.1, -0.05) is 80.5 Å². The second-order valence-electron chi connectivity index (χ2n) is 29.8. The summed E-state index contributed by atoms with van der Waals surface area (Å²) in [5.41, 5.74) is 11.4. The van der Waals surface area contributed by atoms with Crippen LogP contribution in [0.15, 0.2) is 103 Å². The molecule has 2 aromatic heterocycles. The summed E-state index contributed by atoms with van der Waals surface area (Å²) in [7, 11) is 7.36. The maximum Gasteiger partial charge on any atom is 0.586 e. The van der Waals surface area contributed by atoms with E-state index in [1.165, 1.54) is 84.4 Å². The smallest absolute Gasteiger partial charge is 0.481 e. The van der Waals surface area contributed by atoms with E-state index < -0.39 is 67.1 Å². The summed E-state index contributed by atoms with van der Waals surface area (Å²) >= 11 is 5.51. The van der Waals surface area contributed by atoms with E-state index in [1.54, 1.807) is 12.1 Å². The van der Waals surface area contributed by atoms with E-state index in [0.717, 1.165) is 23.1 Å². The second kappa shape index (κ2) is 30.1. The maximum atomic E-state index is 13.5. The molecule has 4 N–H and O–H groups in total. The summed E-state index contributed by atoms with van der Waals surface area (Å²) in [6.45, 7) is 33.7. The Balaban J connectivity index is 0.000000151. The van der Waals surface area contributed by atoms with Gasteiger partial charge in [-0.05, 0) is 199 Å². The van der Waals surface area contributed by atoms with Crippen molar-refractivity contribution >= 4 is 92.5 Å². The molecule has 1 amide bonds. The van der Waals surface area contributed by atoms with Gasteiger partial charge in [0.05, 0.1) is 42.5 Å². The van der Waals surface area contributed by atoms with Crippen molar-refractivity contribution in [2.24, 2.45) is 0 Å².